The number of carbonyl (C=O) groups excluding carboxylic acids is 1. The fourth-order valence-electron chi connectivity index (χ4n) is 2.88. The summed E-state index contributed by atoms with van der Waals surface area (Å²) in [7, 11) is -3.68. The van der Waals surface area contributed by atoms with Crippen LogP contribution in [0, 0.1) is 0 Å². The number of benzene rings is 2. The van der Waals surface area contributed by atoms with Crippen LogP contribution in [0.15, 0.2) is 78.7 Å². The molecule has 2 aromatic rings. The van der Waals surface area contributed by atoms with E-state index in [-0.39, 0.29) is 34.4 Å². The van der Waals surface area contributed by atoms with Crippen LogP contribution in [0.25, 0.3) is 0 Å². The van der Waals surface area contributed by atoms with Crippen molar-refractivity contribution in [1.29, 1.82) is 0 Å². The molecule has 0 atom stereocenters. The zero-order valence-electron chi connectivity index (χ0n) is 18.6. The lowest BCUT2D eigenvalue weighted by Gasteiger charge is -2.19. The number of hydrogen-bond donors (Lipinski definition) is 2. The minimum absolute atomic E-state index is 0.0000943. The van der Waals surface area contributed by atoms with Gasteiger partial charge in [-0.25, -0.2) is 8.42 Å². The molecule has 0 saturated heterocycles. The third-order valence-corrected chi connectivity index (χ3v) is 6.71. The number of rotatable bonds is 8. The van der Waals surface area contributed by atoms with Crippen molar-refractivity contribution >= 4 is 38.9 Å². The van der Waals surface area contributed by atoms with E-state index in [2.05, 4.69) is 44.6 Å². The Kier molecular flexibility index (Phi) is 8.49. The predicted molar refractivity (Wildman–Crippen MR) is 134 cm³/mol. The standard InChI is InChI=1S/C24H29N3O3S2/c1-6-16-27(17-7-2)32(29,30)21-14-12-20(13-15-21)25-23(31)26-22(28)18-8-10-19(11-9-18)24(3,4)5/h6-15H,1-2,16-17H2,3-5H3,(H2,25,26,28,31). The molecule has 8 heteroatoms. The molecule has 0 spiro atoms. The fourth-order valence-corrected chi connectivity index (χ4v) is 4.47. The van der Waals surface area contributed by atoms with Gasteiger partial charge in [-0.05, 0) is 59.6 Å². The lowest BCUT2D eigenvalue weighted by molar-refractivity contribution is 0.0977. The van der Waals surface area contributed by atoms with Gasteiger partial charge in [0, 0.05) is 24.3 Å². The molecule has 2 rings (SSSR count). The van der Waals surface area contributed by atoms with Gasteiger partial charge in [0.25, 0.3) is 5.91 Å². The molecule has 170 valence electrons. The zero-order chi connectivity index (χ0) is 23.9. The summed E-state index contributed by atoms with van der Waals surface area (Å²) in [5.74, 6) is -0.327. The Hall–Kier alpha value is -2.81. The van der Waals surface area contributed by atoms with E-state index in [0.717, 1.165) is 5.56 Å². The third-order valence-electron chi connectivity index (χ3n) is 4.66. The van der Waals surface area contributed by atoms with Crippen molar-refractivity contribution < 1.29 is 13.2 Å². The van der Waals surface area contributed by atoms with Crippen LogP contribution in [0.2, 0.25) is 0 Å². The van der Waals surface area contributed by atoms with Crippen molar-refractivity contribution in [3.63, 3.8) is 0 Å². The summed E-state index contributed by atoms with van der Waals surface area (Å²) < 4.78 is 26.8. The first-order valence-electron chi connectivity index (χ1n) is 10.0. The van der Waals surface area contributed by atoms with E-state index in [1.54, 1.807) is 24.3 Å². The van der Waals surface area contributed by atoms with E-state index in [9.17, 15) is 13.2 Å². The second-order valence-corrected chi connectivity index (χ2v) is 10.5. The van der Waals surface area contributed by atoms with Gasteiger partial charge in [0.15, 0.2) is 5.11 Å². The van der Waals surface area contributed by atoms with E-state index in [1.165, 1.54) is 28.6 Å². The van der Waals surface area contributed by atoms with Crippen LogP contribution >= 0.6 is 12.2 Å². The molecule has 2 aromatic carbocycles. The molecule has 0 bridgehead atoms. The quantitative estimate of drug-likeness (QED) is 0.439. The molecule has 0 unspecified atom stereocenters. The largest absolute Gasteiger partial charge is 0.332 e. The van der Waals surface area contributed by atoms with Crippen LogP contribution in [0.5, 0.6) is 0 Å². The number of nitrogens with one attached hydrogen (secondary N) is 2. The number of nitrogens with zero attached hydrogens (tertiary/aromatic N) is 1. The molecule has 6 nitrogen and oxygen atoms in total. The highest BCUT2D eigenvalue weighted by Crippen LogP contribution is 2.22. The molecule has 0 aliphatic heterocycles. The molecule has 32 heavy (non-hydrogen) atoms. The number of amides is 1. The Balaban J connectivity index is 2.04. The molecule has 0 aliphatic carbocycles. The van der Waals surface area contributed by atoms with Crippen LogP contribution in [0.1, 0.15) is 36.7 Å². The molecule has 0 radical (unpaired) electrons. The number of sulfonamides is 1. The van der Waals surface area contributed by atoms with E-state index in [4.69, 9.17) is 12.2 Å². The Bertz CT molecular complexity index is 1070. The highest BCUT2D eigenvalue weighted by atomic mass is 32.2. The molecule has 0 heterocycles. The van der Waals surface area contributed by atoms with E-state index < -0.39 is 10.0 Å². The number of thiocarbonyl (C=S) groups is 1. The van der Waals surface area contributed by atoms with Gasteiger partial charge >= 0.3 is 0 Å². The normalized spacial score (nSPS) is 11.6. The van der Waals surface area contributed by atoms with E-state index in [0.29, 0.717) is 11.3 Å². The average molecular weight is 472 g/mol. The van der Waals surface area contributed by atoms with E-state index >= 15 is 0 Å². The average Bonchev–Trinajstić information content (AvgIpc) is 2.73. The maximum atomic E-state index is 12.8. The lowest BCUT2D eigenvalue weighted by Crippen LogP contribution is -2.34. The first-order valence-corrected chi connectivity index (χ1v) is 11.9. The van der Waals surface area contributed by atoms with Gasteiger partial charge in [-0.3, -0.25) is 10.1 Å². The maximum absolute atomic E-state index is 12.8. The summed E-state index contributed by atoms with van der Waals surface area (Å²) in [6.07, 6.45) is 3.05. The molecule has 0 aromatic heterocycles. The van der Waals surface area contributed by atoms with Crippen molar-refractivity contribution in [2.75, 3.05) is 18.4 Å². The van der Waals surface area contributed by atoms with Crippen molar-refractivity contribution in [2.24, 2.45) is 0 Å². The van der Waals surface area contributed by atoms with Gasteiger partial charge in [0.05, 0.1) is 4.90 Å². The summed E-state index contributed by atoms with van der Waals surface area (Å²) in [5.41, 5.74) is 2.17. The second-order valence-electron chi connectivity index (χ2n) is 8.16. The van der Waals surface area contributed by atoms with Crippen LogP contribution in [0.3, 0.4) is 0 Å². The van der Waals surface area contributed by atoms with Crippen LogP contribution < -0.4 is 10.6 Å². The minimum Gasteiger partial charge on any atom is -0.332 e. The minimum atomic E-state index is -3.68. The zero-order valence-corrected chi connectivity index (χ0v) is 20.2. The van der Waals surface area contributed by atoms with E-state index in [1.807, 2.05) is 12.1 Å². The summed E-state index contributed by atoms with van der Waals surface area (Å²) in [6.45, 7) is 13.9. The Morgan fingerprint density at radius 2 is 1.53 bits per heavy atom. The Morgan fingerprint density at radius 1 is 1.00 bits per heavy atom. The van der Waals surface area contributed by atoms with Crippen molar-refractivity contribution in [2.45, 2.75) is 31.1 Å². The highest BCUT2D eigenvalue weighted by molar-refractivity contribution is 7.89. The van der Waals surface area contributed by atoms with Crippen LogP contribution in [-0.4, -0.2) is 36.8 Å². The summed E-state index contributed by atoms with van der Waals surface area (Å²) >= 11 is 5.22. The van der Waals surface area contributed by atoms with Gasteiger partial charge in [-0.2, -0.15) is 4.31 Å². The van der Waals surface area contributed by atoms with Crippen molar-refractivity contribution in [3.05, 3.63) is 85.0 Å². The molecular formula is C24H29N3O3S2. The molecule has 1 amide bonds. The van der Waals surface area contributed by atoms with Crippen LogP contribution in [-0.2, 0) is 15.4 Å². The number of anilines is 1. The second kappa shape index (κ2) is 10.7. The third kappa shape index (κ3) is 6.59. The number of carbonyl (C=O) groups is 1. The Morgan fingerprint density at radius 3 is 2.00 bits per heavy atom. The molecular weight excluding hydrogens is 442 g/mol. The smallest absolute Gasteiger partial charge is 0.257 e. The first-order chi connectivity index (χ1) is 15.0. The van der Waals surface area contributed by atoms with Gasteiger partial charge in [-0.15, -0.1) is 13.2 Å². The molecule has 0 aliphatic rings. The molecule has 2 N–H and O–H groups in total. The summed E-state index contributed by atoms with van der Waals surface area (Å²) in [6, 6.07) is 13.5. The van der Waals surface area contributed by atoms with Crippen molar-refractivity contribution in [3.8, 4) is 0 Å². The topological polar surface area (TPSA) is 78.5 Å². The monoisotopic (exact) mass is 471 g/mol. The van der Waals surface area contributed by atoms with Gasteiger partial charge in [0.1, 0.15) is 0 Å². The fraction of sp³-hybridized carbons (Fsp3) is 0.250. The van der Waals surface area contributed by atoms with Crippen molar-refractivity contribution in [1.82, 2.24) is 9.62 Å². The highest BCUT2D eigenvalue weighted by Gasteiger charge is 2.22. The first kappa shape index (κ1) is 25.5. The summed E-state index contributed by atoms with van der Waals surface area (Å²) in [4.78, 5) is 12.6. The lowest BCUT2D eigenvalue weighted by atomic mass is 9.87. The summed E-state index contributed by atoms with van der Waals surface area (Å²) in [5, 5.41) is 5.64. The van der Waals surface area contributed by atoms with Gasteiger partial charge in [-0.1, -0.05) is 45.1 Å². The predicted octanol–water partition coefficient (Wildman–Crippen LogP) is 4.47. The Labute approximate surface area is 196 Å². The maximum Gasteiger partial charge on any atom is 0.257 e. The van der Waals surface area contributed by atoms with Crippen LogP contribution in [0.4, 0.5) is 5.69 Å². The SMILES string of the molecule is C=CCN(CC=C)S(=O)(=O)c1ccc(NC(=S)NC(=O)c2ccc(C(C)(C)C)cc2)cc1. The number of hydrogen-bond acceptors (Lipinski definition) is 4. The molecule has 0 fully saturated rings. The molecule has 0 saturated carbocycles. The van der Waals surface area contributed by atoms with Gasteiger partial charge in [0.2, 0.25) is 10.0 Å². The van der Waals surface area contributed by atoms with Gasteiger partial charge < -0.3 is 5.32 Å².